The van der Waals surface area contributed by atoms with Gasteiger partial charge in [-0.05, 0) is 51.3 Å². The van der Waals surface area contributed by atoms with Crippen molar-refractivity contribution >= 4 is 11.8 Å². The van der Waals surface area contributed by atoms with Crippen LogP contribution in [-0.4, -0.2) is 60.7 Å². The Bertz CT molecular complexity index is 728. The number of rotatable bonds is 6. The fourth-order valence-electron chi connectivity index (χ4n) is 4.04. The van der Waals surface area contributed by atoms with Crippen LogP contribution in [-0.2, 0) is 16.1 Å². The van der Waals surface area contributed by atoms with Gasteiger partial charge in [0.2, 0.25) is 11.8 Å². The van der Waals surface area contributed by atoms with Crippen molar-refractivity contribution in [3.63, 3.8) is 0 Å². The van der Waals surface area contributed by atoms with Gasteiger partial charge in [0.25, 0.3) is 0 Å². The Morgan fingerprint density at radius 3 is 2.37 bits per heavy atom. The van der Waals surface area contributed by atoms with E-state index >= 15 is 0 Å². The van der Waals surface area contributed by atoms with Crippen molar-refractivity contribution in [1.29, 1.82) is 0 Å². The second kappa shape index (κ2) is 10.1. The van der Waals surface area contributed by atoms with Gasteiger partial charge in [-0.15, -0.1) is 13.2 Å². The predicted octanol–water partition coefficient (Wildman–Crippen LogP) is 2.93. The first-order valence-electron chi connectivity index (χ1n) is 10.4. The maximum absolute atomic E-state index is 12.6. The van der Waals surface area contributed by atoms with E-state index in [0.717, 1.165) is 38.8 Å². The van der Waals surface area contributed by atoms with Gasteiger partial charge in [0, 0.05) is 31.1 Å². The molecule has 0 aliphatic carbocycles. The van der Waals surface area contributed by atoms with E-state index in [0.29, 0.717) is 13.1 Å². The largest absolute Gasteiger partial charge is 0.573 e. The molecule has 2 aliphatic rings. The van der Waals surface area contributed by atoms with E-state index in [1.54, 1.807) is 6.07 Å². The van der Waals surface area contributed by atoms with Crippen molar-refractivity contribution in [3.8, 4) is 5.75 Å². The lowest BCUT2D eigenvalue weighted by atomic mass is 9.94. The van der Waals surface area contributed by atoms with Crippen molar-refractivity contribution < 1.29 is 27.5 Å². The summed E-state index contributed by atoms with van der Waals surface area (Å²) < 4.78 is 41.5. The number of nitrogens with one attached hydrogen (secondary N) is 1. The molecule has 30 heavy (non-hydrogen) atoms. The molecule has 0 unspecified atom stereocenters. The minimum atomic E-state index is -4.78. The molecule has 1 aromatic carbocycles. The van der Waals surface area contributed by atoms with Gasteiger partial charge in [0.05, 0.1) is 6.54 Å². The molecule has 2 amide bonds. The molecule has 0 saturated carbocycles. The van der Waals surface area contributed by atoms with Crippen molar-refractivity contribution in [1.82, 2.24) is 15.1 Å². The van der Waals surface area contributed by atoms with E-state index in [1.807, 2.05) is 9.80 Å². The highest BCUT2D eigenvalue weighted by Gasteiger charge is 2.32. The summed E-state index contributed by atoms with van der Waals surface area (Å²) in [5, 5.41) is 2.65. The van der Waals surface area contributed by atoms with Gasteiger partial charge in [0.1, 0.15) is 5.75 Å². The van der Waals surface area contributed by atoms with Crippen molar-refractivity contribution in [2.24, 2.45) is 5.92 Å². The zero-order valence-electron chi connectivity index (χ0n) is 16.9. The first-order valence-corrected chi connectivity index (χ1v) is 10.4. The molecule has 6 nitrogen and oxygen atoms in total. The first kappa shape index (κ1) is 22.4. The number of carbonyl (C=O) groups is 2. The van der Waals surface area contributed by atoms with Gasteiger partial charge in [-0.1, -0.05) is 18.2 Å². The Kier molecular flexibility index (Phi) is 7.58. The molecule has 0 bridgehead atoms. The lowest BCUT2D eigenvalue weighted by Crippen LogP contribution is -2.46. The summed E-state index contributed by atoms with van der Waals surface area (Å²) in [4.78, 5) is 28.8. The number of benzene rings is 1. The van der Waals surface area contributed by atoms with Crippen molar-refractivity contribution in [2.45, 2.75) is 45.0 Å². The third-order valence-corrected chi connectivity index (χ3v) is 5.65. The second-order valence-corrected chi connectivity index (χ2v) is 7.87. The third kappa shape index (κ3) is 6.62. The van der Waals surface area contributed by atoms with Gasteiger partial charge in [0.15, 0.2) is 0 Å². The smallest absolute Gasteiger partial charge is 0.405 e. The summed E-state index contributed by atoms with van der Waals surface area (Å²) in [6, 6.07) is 5.74. The number of carbonyl (C=O) groups excluding carboxylic acids is 2. The third-order valence-electron chi connectivity index (χ3n) is 5.65. The normalized spacial score (nSPS) is 18.8. The summed E-state index contributed by atoms with van der Waals surface area (Å²) >= 11 is 0. The topological polar surface area (TPSA) is 61.9 Å². The van der Waals surface area contributed by atoms with Crippen molar-refractivity contribution in [3.05, 3.63) is 29.8 Å². The van der Waals surface area contributed by atoms with Crippen LogP contribution in [0.15, 0.2) is 24.3 Å². The lowest BCUT2D eigenvalue weighted by molar-refractivity contribution is -0.274. The Hall–Kier alpha value is -2.29. The van der Waals surface area contributed by atoms with Gasteiger partial charge in [-0.2, -0.15) is 0 Å². The molecule has 1 N–H and O–H groups in total. The van der Waals surface area contributed by atoms with E-state index in [-0.39, 0.29) is 42.1 Å². The monoisotopic (exact) mass is 427 g/mol. The molecule has 9 heteroatoms. The molecule has 2 fully saturated rings. The predicted molar refractivity (Wildman–Crippen MR) is 105 cm³/mol. The Labute approximate surface area is 174 Å². The summed E-state index contributed by atoms with van der Waals surface area (Å²) in [7, 11) is 0. The molecule has 0 atom stereocenters. The number of halogens is 3. The molecule has 2 heterocycles. The van der Waals surface area contributed by atoms with E-state index in [9.17, 15) is 22.8 Å². The van der Waals surface area contributed by atoms with Crippen LogP contribution in [0.4, 0.5) is 13.2 Å². The summed E-state index contributed by atoms with van der Waals surface area (Å²) in [6.07, 6.45) is -0.000242. The molecule has 3 rings (SSSR count). The van der Waals surface area contributed by atoms with Crippen molar-refractivity contribution in [2.75, 3.05) is 32.7 Å². The van der Waals surface area contributed by atoms with Crippen LogP contribution in [0.2, 0.25) is 0 Å². The molecule has 2 aliphatic heterocycles. The standard InChI is InChI=1S/C21H28F3N3O3/c22-21(23,24)30-18-7-3-2-6-17(18)14-25-19(28)15-26-12-8-16(9-13-26)20(29)27-10-4-1-5-11-27/h2-3,6-7,16H,1,4-5,8-15H2,(H,25,28). The fraction of sp³-hybridized carbons (Fsp3) is 0.619. The van der Waals surface area contributed by atoms with Crippen LogP contribution in [0.1, 0.15) is 37.7 Å². The molecule has 0 spiro atoms. The van der Waals surface area contributed by atoms with Gasteiger partial charge in [-0.3, -0.25) is 14.5 Å². The van der Waals surface area contributed by atoms with E-state index < -0.39 is 6.36 Å². The highest BCUT2D eigenvalue weighted by Crippen LogP contribution is 2.26. The second-order valence-electron chi connectivity index (χ2n) is 7.87. The van der Waals surface area contributed by atoms with E-state index in [2.05, 4.69) is 10.1 Å². The number of hydrogen-bond donors (Lipinski definition) is 1. The quantitative estimate of drug-likeness (QED) is 0.759. The molecule has 0 radical (unpaired) electrons. The number of likely N-dealkylation sites (tertiary alicyclic amines) is 2. The van der Waals surface area contributed by atoms with Crippen LogP contribution in [0.25, 0.3) is 0 Å². The average molecular weight is 427 g/mol. The SMILES string of the molecule is O=C(CN1CCC(C(=O)N2CCCCC2)CC1)NCc1ccccc1OC(F)(F)F. The Balaban J connectivity index is 1.42. The maximum atomic E-state index is 12.6. The molecule has 0 aromatic heterocycles. The number of hydrogen-bond acceptors (Lipinski definition) is 4. The zero-order chi connectivity index (χ0) is 21.6. The fourth-order valence-corrected chi connectivity index (χ4v) is 4.04. The van der Waals surface area contributed by atoms with Crippen LogP contribution in [0.3, 0.4) is 0 Å². The van der Waals surface area contributed by atoms with Crippen LogP contribution in [0, 0.1) is 5.92 Å². The van der Waals surface area contributed by atoms with Gasteiger partial charge in [-0.25, -0.2) is 0 Å². The van der Waals surface area contributed by atoms with Crippen LogP contribution in [0.5, 0.6) is 5.75 Å². The highest BCUT2D eigenvalue weighted by atomic mass is 19.4. The van der Waals surface area contributed by atoms with Crippen LogP contribution >= 0.6 is 0 Å². The Morgan fingerprint density at radius 1 is 1.03 bits per heavy atom. The number of nitrogens with zero attached hydrogens (tertiary/aromatic N) is 2. The van der Waals surface area contributed by atoms with E-state index in [1.165, 1.54) is 24.6 Å². The maximum Gasteiger partial charge on any atom is 0.573 e. The van der Waals surface area contributed by atoms with Gasteiger partial charge < -0.3 is 15.0 Å². The lowest BCUT2D eigenvalue weighted by Gasteiger charge is -2.35. The number of piperidine rings is 2. The van der Waals surface area contributed by atoms with E-state index in [4.69, 9.17) is 0 Å². The number of amides is 2. The van der Waals surface area contributed by atoms with Crippen LogP contribution < -0.4 is 10.1 Å². The highest BCUT2D eigenvalue weighted by molar-refractivity contribution is 5.79. The number of alkyl halides is 3. The molecule has 2 saturated heterocycles. The molecular formula is C21H28F3N3O3. The molecular weight excluding hydrogens is 399 g/mol. The summed E-state index contributed by atoms with van der Waals surface area (Å²) in [6.45, 7) is 3.13. The minimum absolute atomic E-state index is 0.0220. The summed E-state index contributed by atoms with van der Waals surface area (Å²) in [5.74, 6) is -0.325. The Morgan fingerprint density at radius 2 is 1.70 bits per heavy atom. The average Bonchev–Trinajstić information content (AvgIpc) is 2.73. The molecule has 1 aromatic rings. The first-order chi connectivity index (χ1) is 14.3. The molecule has 166 valence electrons. The number of ether oxygens (including phenoxy) is 1. The minimum Gasteiger partial charge on any atom is -0.405 e. The summed E-state index contributed by atoms with van der Waals surface area (Å²) in [5.41, 5.74) is 0.258. The van der Waals surface area contributed by atoms with Gasteiger partial charge >= 0.3 is 6.36 Å². The number of para-hydroxylation sites is 1. The zero-order valence-corrected chi connectivity index (χ0v) is 16.9.